The molecule has 0 radical (unpaired) electrons. The van der Waals surface area contributed by atoms with Crippen molar-refractivity contribution in [1.82, 2.24) is 0 Å². The van der Waals surface area contributed by atoms with Gasteiger partial charge in [-0.05, 0) is 219 Å². The lowest BCUT2D eigenvalue weighted by molar-refractivity contribution is -0.391. The average molecular weight is 1790 g/mol. The Kier molecular flexibility index (Phi) is 40.5. The lowest BCUT2D eigenvalue weighted by Gasteiger charge is -2.26. The highest BCUT2D eigenvalue weighted by Gasteiger charge is 2.27. The van der Waals surface area contributed by atoms with E-state index in [4.69, 9.17) is 0 Å². The minimum atomic E-state index is -0.617. The first-order chi connectivity index (χ1) is 62.2. The number of rotatable bonds is 25. The number of benzene rings is 8. The summed E-state index contributed by atoms with van der Waals surface area (Å²) in [6.45, 7) is 6.31. The molecule has 16 bridgehead atoms. The molecule has 14 aliphatic rings. The van der Waals surface area contributed by atoms with Crippen LogP contribution in [0.4, 0.5) is 45.5 Å². The molecule has 0 aliphatic carbocycles. The number of aliphatic imine (C=N–C) groups is 2. The van der Waals surface area contributed by atoms with E-state index < -0.39 is 12.1 Å². The number of anilines is 8. The van der Waals surface area contributed by atoms with Crippen molar-refractivity contribution in [2.75, 3.05) is 155 Å². The SMILES string of the molecule is [NH3+]CCC(=O)N1CCCCN(C(=O)CC[NH3+])c2ccc(cc2)Cc2ccc(cc2)N(C(=O)CCN=C(O)C([NH3+])CSSCC([NH3+])C(O)=NCCC(=O)N2CCCCN(C(=O)CC[NH3+])c3ccc(cc3)Cc3ccc(cc3)N(C(=O)CC[NH3+])CCCCN(C(=O)CC[NH3+])c3ccc(cc3)Cc3ccc2cc3)CCCCN(C(=O)CC[NH3+])c2ccc(cc2)Cc2ccc1cc2. The number of hydrogen-bond acceptors (Lipinski definition) is 12. The average Bonchev–Trinajstić information content (AvgIpc) is 0.841. The Balaban J connectivity index is 0.758. The molecule has 682 valence electrons. The van der Waals surface area contributed by atoms with Gasteiger partial charge < -0.3 is 95.3 Å². The van der Waals surface area contributed by atoms with Gasteiger partial charge in [-0.15, -0.1) is 0 Å². The van der Waals surface area contributed by atoms with Gasteiger partial charge in [0.2, 0.25) is 59.1 Å². The standard InChI is InChI=1S/C98H128N18O10S2/c99-49-41-89(117)109-57-1-3-59-111(91(119)43-51-101)81-29-17-75(18-30-81)67-77-21-37-85(38-22-77)115(63-7-5-61-113(93(121)45-53-103)83-33-13-73(14-34-83)65-71-9-25-79(109)26-10-71)95(123)47-55-107-97(125)87(105)69-127-128-70-88(106)98(126)108-56-48-96(124)116-64-8-6-62-114(94(122)46-54-104)84-35-15-74(16-36-84)66-72-11-27-80(28-12-72)110(90(118)42-50-100)58-2-4-60-112(92(120)44-52-102)82-31-19-76(20-32-82)68-78-23-39-86(116)40-24-78/h9-40,87-88H,1-8,41-70,99-106H2,(H,107,125)(H,108,126)/p+8. The van der Waals surface area contributed by atoms with Gasteiger partial charge in [-0.3, -0.25) is 38.4 Å². The van der Waals surface area contributed by atoms with E-state index in [9.17, 15) is 48.6 Å². The fourth-order valence-corrected chi connectivity index (χ4v) is 18.2. The van der Waals surface area contributed by atoms with Crippen molar-refractivity contribution in [2.24, 2.45) is 9.98 Å². The van der Waals surface area contributed by atoms with Crippen molar-refractivity contribution in [3.05, 3.63) is 239 Å². The van der Waals surface area contributed by atoms with Gasteiger partial charge in [-0.2, -0.15) is 0 Å². The highest BCUT2D eigenvalue weighted by atomic mass is 33.1. The van der Waals surface area contributed by atoms with Crippen LogP contribution in [0, 0.1) is 0 Å². The third-order valence-electron chi connectivity index (χ3n) is 23.0. The summed E-state index contributed by atoms with van der Waals surface area (Å²) in [5.74, 6) is -0.112. The Hall–Kier alpha value is -11.2. The molecule has 0 spiro atoms. The molecule has 0 aromatic heterocycles. The molecule has 0 saturated heterocycles. The highest BCUT2D eigenvalue weighted by molar-refractivity contribution is 8.76. The van der Waals surface area contributed by atoms with Gasteiger partial charge in [0.15, 0.2) is 12.1 Å². The molecule has 128 heavy (non-hydrogen) atoms. The highest BCUT2D eigenvalue weighted by Crippen LogP contribution is 2.31. The summed E-state index contributed by atoms with van der Waals surface area (Å²) in [6, 6.07) is 62.9. The molecule has 22 rings (SSSR count). The van der Waals surface area contributed by atoms with E-state index in [0.717, 1.165) is 78.6 Å². The molecule has 30 heteroatoms. The molecule has 2 unspecified atom stereocenters. The molecule has 28 nitrogen and oxygen atoms in total. The van der Waals surface area contributed by atoms with Gasteiger partial charge >= 0.3 is 0 Å². The van der Waals surface area contributed by atoms with Gasteiger partial charge in [-0.1, -0.05) is 119 Å². The molecule has 8 aromatic rings. The third-order valence-corrected chi connectivity index (χ3v) is 25.5. The van der Waals surface area contributed by atoms with Gasteiger partial charge in [0.25, 0.3) is 0 Å². The van der Waals surface area contributed by atoms with Crippen molar-refractivity contribution in [1.29, 1.82) is 0 Å². The topological polar surface area (TPSA) is 449 Å². The number of hydrogen-bond donors (Lipinski definition) is 10. The van der Waals surface area contributed by atoms with E-state index in [0.29, 0.717) is 217 Å². The zero-order valence-electron chi connectivity index (χ0n) is 74.6. The Morgan fingerprint density at radius 3 is 0.531 bits per heavy atom. The summed E-state index contributed by atoms with van der Waals surface area (Å²) in [7, 11) is 2.86. The van der Waals surface area contributed by atoms with Crippen molar-refractivity contribution in [3.8, 4) is 0 Å². The van der Waals surface area contributed by atoms with Crippen molar-refractivity contribution >= 4 is 126 Å². The van der Waals surface area contributed by atoms with Crippen molar-refractivity contribution in [3.63, 3.8) is 0 Å². The number of amides is 8. The largest absolute Gasteiger partial charge is 0.492 e. The van der Waals surface area contributed by atoms with E-state index >= 15 is 0 Å². The molecule has 8 aromatic carbocycles. The van der Waals surface area contributed by atoms with E-state index in [-0.39, 0.29) is 97.8 Å². The van der Waals surface area contributed by atoms with Gasteiger partial charge in [0.05, 0.1) is 102 Å². The van der Waals surface area contributed by atoms with Gasteiger partial charge in [0, 0.05) is 111 Å². The first-order valence-electron chi connectivity index (χ1n) is 45.4. The fraction of sp³-hybridized carbons (Fsp3) is 0.408. The summed E-state index contributed by atoms with van der Waals surface area (Å²) in [5.41, 5.74) is 46.6. The second kappa shape index (κ2) is 52.3. The van der Waals surface area contributed by atoms with Crippen LogP contribution in [0.3, 0.4) is 0 Å². The van der Waals surface area contributed by atoms with E-state index in [1.807, 2.05) is 214 Å². The number of carbonyl (C=O) groups is 8. The third kappa shape index (κ3) is 30.2. The Morgan fingerprint density at radius 1 is 0.250 bits per heavy atom. The van der Waals surface area contributed by atoms with Crippen molar-refractivity contribution in [2.45, 2.75) is 141 Å². The second-order valence-corrected chi connectivity index (χ2v) is 35.3. The lowest BCUT2D eigenvalue weighted by Crippen LogP contribution is -2.67. The van der Waals surface area contributed by atoms with Crippen LogP contribution in [0.15, 0.2) is 204 Å². The smallest absolute Gasteiger partial charge is 0.242 e. The van der Waals surface area contributed by atoms with Crippen LogP contribution in [0.1, 0.15) is 147 Å². The van der Waals surface area contributed by atoms with Crippen LogP contribution in [0.2, 0.25) is 0 Å². The van der Waals surface area contributed by atoms with Crippen LogP contribution in [-0.2, 0) is 64.0 Å². The maximum Gasteiger partial charge on any atom is 0.242 e. The van der Waals surface area contributed by atoms with Gasteiger partial charge in [0.1, 0.15) is 0 Å². The predicted octanol–water partition coefficient (Wildman–Crippen LogP) is 5.05. The molecule has 2 atom stereocenters. The first-order valence-corrected chi connectivity index (χ1v) is 47.9. The minimum absolute atomic E-state index is 0.00138. The summed E-state index contributed by atoms with van der Waals surface area (Å²) in [5, 5.41) is 22.5. The number of carbonyl (C=O) groups excluding carboxylic acids is 8. The normalized spacial score (nSPS) is 15.2. The van der Waals surface area contributed by atoms with Crippen LogP contribution in [-0.4, -0.2) is 198 Å². The lowest BCUT2D eigenvalue weighted by atomic mass is 10.0. The zero-order valence-corrected chi connectivity index (χ0v) is 76.2. The first kappa shape index (κ1) is 99.0. The number of quaternary nitrogens is 8. The predicted molar refractivity (Wildman–Crippen MR) is 510 cm³/mol. The molecule has 14 heterocycles. The van der Waals surface area contributed by atoms with E-state index in [1.165, 1.54) is 21.6 Å². The summed E-state index contributed by atoms with van der Waals surface area (Å²) in [4.78, 5) is 134. The van der Waals surface area contributed by atoms with Gasteiger partial charge in [-0.25, -0.2) is 9.98 Å². The van der Waals surface area contributed by atoms with E-state index in [2.05, 4.69) is 55.9 Å². The Labute approximate surface area is 760 Å². The molecular weight excluding hydrogens is 1650 g/mol. The Morgan fingerprint density at radius 2 is 0.391 bits per heavy atom. The number of aliphatic hydroxyl groups excluding tert-OH is 2. The zero-order chi connectivity index (χ0) is 91.1. The monoisotopic (exact) mass is 1790 g/mol. The number of nitrogens with zero attached hydrogens (tertiary/aromatic N) is 10. The molecule has 0 fully saturated rings. The Bertz CT molecular complexity index is 4610. The minimum Gasteiger partial charge on any atom is -0.492 e. The maximum absolute atomic E-state index is 14.5. The maximum atomic E-state index is 14.5. The quantitative estimate of drug-likeness (QED) is 0.0156. The summed E-state index contributed by atoms with van der Waals surface area (Å²) in [6.07, 6.45) is 9.31. The van der Waals surface area contributed by atoms with Crippen LogP contribution < -0.4 is 85.1 Å². The van der Waals surface area contributed by atoms with Crippen LogP contribution in [0.5, 0.6) is 0 Å². The molecular formula is C98H136N18O10S2+8. The van der Waals surface area contributed by atoms with Crippen molar-refractivity contribution < 1.29 is 94.4 Å². The van der Waals surface area contributed by atoms with Crippen LogP contribution in [0.25, 0.3) is 0 Å². The second-order valence-electron chi connectivity index (χ2n) is 32.8. The molecule has 14 aliphatic heterocycles. The van der Waals surface area contributed by atoms with Crippen LogP contribution >= 0.6 is 21.6 Å². The number of aliphatic hydroxyl groups is 2. The summed E-state index contributed by atoms with van der Waals surface area (Å²) >= 11 is 0. The molecule has 8 amide bonds. The van der Waals surface area contributed by atoms with E-state index in [1.54, 1.807) is 19.6 Å². The molecule has 0 saturated carbocycles. The molecule has 26 N–H and O–H groups in total. The fourth-order valence-electron chi connectivity index (χ4n) is 15.8. The summed E-state index contributed by atoms with van der Waals surface area (Å²) < 4.78 is 0.